The van der Waals surface area contributed by atoms with Gasteiger partial charge in [0.25, 0.3) is 0 Å². The fraction of sp³-hybridized carbons (Fsp3) is 0.294. The molecule has 0 aliphatic rings. The van der Waals surface area contributed by atoms with Gasteiger partial charge in [-0.05, 0) is 41.8 Å². The van der Waals surface area contributed by atoms with E-state index in [0.717, 1.165) is 5.56 Å². The number of carbonyl (C=O) groups is 1. The predicted octanol–water partition coefficient (Wildman–Crippen LogP) is 1.87. The van der Waals surface area contributed by atoms with Crippen LogP contribution in [0, 0.1) is 0 Å². The monoisotopic (exact) mass is 300 g/mol. The highest BCUT2D eigenvalue weighted by Gasteiger charge is 2.10. The van der Waals surface area contributed by atoms with Crippen molar-refractivity contribution in [2.45, 2.75) is 18.9 Å². The molecule has 1 aromatic carbocycles. The molecule has 0 aliphatic heterocycles. The molecular weight excluding hydrogens is 280 g/mol. The molecule has 2 rings (SSSR count). The summed E-state index contributed by atoms with van der Waals surface area (Å²) in [6, 6.07) is 11.0. The lowest BCUT2D eigenvalue weighted by atomic mass is 10.1. The lowest BCUT2D eigenvalue weighted by Gasteiger charge is -2.13. The van der Waals surface area contributed by atoms with Crippen molar-refractivity contribution in [3.8, 4) is 5.75 Å². The normalized spacial score (nSPS) is 11.7. The van der Waals surface area contributed by atoms with Gasteiger partial charge in [0.05, 0.1) is 13.2 Å². The first-order chi connectivity index (χ1) is 10.7. The predicted molar refractivity (Wildman–Crippen MR) is 83.5 cm³/mol. The van der Waals surface area contributed by atoms with Crippen LogP contribution >= 0.6 is 0 Å². The molecule has 0 aliphatic carbocycles. The number of hydrogen-bond acceptors (Lipinski definition) is 4. The second-order valence-electron chi connectivity index (χ2n) is 4.95. The van der Waals surface area contributed by atoms with Crippen LogP contribution < -0.4 is 10.1 Å². The number of hydrogen-bond donors (Lipinski definition) is 2. The van der Waals surface area contributed by atoms with E-state index in [2.05, 4.69) is 10.3 Å². The average Bonchev–Trinajstić information content (AvgIpc) is 2.58. The fourth-order valence-electron chi connectivity index (χ4n) is 2.07. The number of nitrogens with one attached hydrogen (secondary N) is 1. The minimum absolute atomic E-state index is 0.0845. The molecule has 5 heteroatoms. The lowest BCUT2D eigenvalue weighted by Crippen LogP contribution is -2.28. The number of aliphatic hydroxyl groups is 1. The molecule has 5 nitrogen and oxygen atoms in total. The Morgan fingerprint density at radius 1 is 1.32 bits per heavy atom. The van der Waals surface area contributed by atoms with E-state index < -0.39 is 6.10 Å². The van der Waals surface area contributed by atoms with Crippen molar-refractivity contribution in [3.05, 3.63) is 59.9 Å². The summed E-state index contributed by atoms with van der Waals surface area (Å²) in [5.41, 5.74) is 1.78. The molecule has 2 N–H and O–H groups in total. The zero-order chi connectivity index (χ0) is 15.8. The Labute approximate surface area is 130 Å². The summed E-state index contributed by atoms with van der Waals surface area (Å²) in [5.74, 6) is 0.597. The van der Waals surface area contributed by atoms with E-state index in [1.54, 1.807) is 31.6 Å². The van der Waals surface area contributed by atoms with Crippen molar-refractivity contribution in [2.24, 2.45) is 0 Å². The van der Waals surface area contributed by atoms with E-state index >= 15 is 0 Å². The molecule has 1 aromatic heterocycles. The number of nitrogens with zero attached hydrogens (tertiary/aromatic N) is 1. The van der Waals surface area contributed by atoms with E-state index in [4.69, 9.17) is 4.74 Å². The summed E-state index contributed by atoms with van der Waals surface area (Å²) in [6.07, 6.45) is 3.71. The molecule has 0 saturated heterocycles. The van der Waals surface area contributed by atoms with Crippen LogP contribution in [0.3, 0.4) is 0 Å². The van der Waals surface area contributed by atoms with Crippen LogP contribution in [0.25, 0.3) is 0 Å². The number of amides is 1. The van der Waals surface area contributed by atoms with Crippen molar-refractivity contribution < 1.29 is 14.6 Å². The molecule has 0 spiro atoms. The molecule has 0 bridgehead atoms. The van der Waals surface area contributed by atoms with Gasteiger partial charge in [-0.2, -0.15) is 0 Å². The van der Waals surface area contributed by atoms with Crippen molar-refractivity contribution >= 4 is 5.91 Å². The zero-order valence-corrected chi connectivity index (χ0v) is 12.5. The van der Waals surface area contributed by atoms with Gasteiger partial charge in [-0.3, -0.25) is 9.78 Å². The van der Waals surface area contributed by atoms with Crippen molar-refractivity contribution in [2.75, 3.05) is 13.7 Å². The van der Waals surface area contributed by atoms with Crippen LogP contribution in [0.5, 0.6) is 5.75 Å². The Kier molecular flexibility index (Phi) is 5.91. The summed E-state index contributed by atoms with van der Waals surface area (Å²) < 4.78 is 5.11. The maximum Gasteiger partial charge on any atom is 0.220 e. The van der Waals surface area contributed by atoms with E-state index in [9.17, 15) is 9.90 Å². The zero-order valence-electron chi connectivity index (χ0n) is 12.5. The Balaban J connectivity index is 1.77. The molecule has 0 fully saturated rings. The summed E-state index contributed by atoms with van der Waals surface area (Å²) >= 11 is 0. The first-order valence-corrected chi connectivity index (χ1v) is 7.16. The van der Waals surface area contributed by atoms with E-state index in [-0.39, 0.29) is 12.5 Å². The number of pyridine rings is 1. The molecule has 0 radical (unpaired) electrons. The molecule has 1 heterocycles. The highest BCUT2D eigenvalue weighted by atomic mass is 16.5. The van der Waals surface area contributed by atoms with Crippen LogP contribution in [0.1, 0.15) is 23.7 Å². The fourth-order valence-corrected chi connectivity index (χ4v) is 2.07. The minimum atomic E-state index is -0.750. The molecule has 22 heavy (non-hydrogen) atoms. The van der Waals surface area contributed by atoms with Gasteiger partial charge in [0, 0.05) is 25.4 Å². The summed E-state index contributed by atoms with van der Waals surface area (Å²) in [6.45, 7) is 0.183. The van der Waals surface area contributed by atoms with Gasteiger partial charge in [0.2, 0.25) is 5.91 Å². The van der Waals surface area contributed by atoms with Gasteiger partial charge >= 0.3 is 0 Å². The molecule has 2 aromatic rings. The molecule has 1 amide bonds. The molecule has 0 saturated carbocycles. The van der Waals surface area contributed by atoms with E-state index in [1.165, 1.54) is 0 Å². The quantitative estimate of drug-likeness (QED) is 0.819. The molecular formula is C17H20N2O3. The third-order valence-electron chi connectivity index (χ3n) is 3.36. The standard InChI is InChI=1S/C17H20N2O3/c1-22-15-4-2-3-14(11-15)16(20)12-19-17(21)6-5-13-7-9-18-10-8-13/h2-4,7-11,16,20H,5-6,12H2,1H3,(H,19,21). The Morgan fingerprint density at radius 2 is 2.09 bits per heavy atom. The number of rotatable bonds is 7. The SMILES string of the molecule is COc1cccc(C(O)CNC(=O)CCc2ccncc2)c1. The maximum absolute atomic E-state index is 11.8. The average molecular weight is 300 g/mol. The van der Waals surface area contributed by atoms with Crippen molar-refractivity contribution in [3.63, 3.8) is 0 Å². The first kappa shape index (κ1) is 16.0. The number of aliphatic hydroxyl groups excluding tert-OH is 1. The van der Waals surface area contributed by atoms with Crippen LogP contribution in [0.15, 0.2) is 48.8 Å². The number of ether oxygens (including phenoxy) is 1. The number of aromatic nitrogens is 1. The summed E-state index contributed by atoms with van der Waals surface area (Å²) in [4.78, 5) is 15.7. The van der Waals surface area contributed by atoms with Crippen LogP contribution in [-0.2, 0) is 11.2 Å². The number of carbonyl (C=O) groups excluding carboxylic acids is 1. The van der Waals surface area contributed by atoms with Gasteiger partial charge in [0.1, 0.15) is 5.75 Å². The number of aryl methyl sites for hydroxylation is 1. The second kappa shape index (κ2) is 8.14. The third-order valence-corrected chi connectivity index (χ3v) is 3.36. The molecule has 116 valence electrons. The van der Waals surface area contributed by atoms with E-state index in [1.807, 2.05) is 24.3 Å². The van der Waals surface area contributed by atoms with Gasteiger partial charge in [-0.1, -0.05) is 12.1 Å². The Hall–Kier alpha value is -2.40. The summed E-state index contributed by atoms with van der Waals surface area (Å²) in [7, 11) is 1.58. The lowest BCUT2D eigenvalue weighted by molar-refractivity contribution is -0.121. The van der Waals surface area contributed by atoms with Crippen LogP contribution in [-0.4, -0.2) is 29.7 Å². The van der Waals surface area contributed by atoms with Crippen molar-refractivity contribution in [1.82, 2.24) is 10.3 Å². The van der Waals surface area contributed by atoms with Crippen molar-refractivity contribution in [1.29, 1.82) is 0 Å². The molecule has 1 unspecified atom stereocenters. The highest BCUT2D eigenvalue weighted by molar-refractivity contribution is 5.76. The third kappa shape index (κ3) is 4.86. The number of benzene rings is 1. The first-order valence-electron chi connectivity index (χ1n) is 7.16. The number of methoxy groups -OCH3 is 1. The Morgan fingerprint density at radius 3 is 2.82 bits per heavy atom. The summed E-state index contributed by atoms with van der Waals surface area (Å²) in [5, 5.41) is 12.8. The maximum atomic E-state index is 11.8. The van der Waals surface area contributed by atoms with Gasteiger partial charge in [-0.15, -0.1) is 0 Å². The Bertz CT molecular complexity index is 602. The topological polar surface area (TPSA) is 71.5 Å². The largest absolute Gasteiger partial charge is 0.497 e. The smallest absolute Gasteiger partial charge is 0.220 e. The van der Waals surface area contributed by atoms with Crippen LogP contribution in [0.2, 0.25) is 0 Å². The van der Waals surface area contributed by atoms with Crippen LogP contribution in [0.4, 0.5) is 0 Å². The van der Waals surface area contributed by atoms with Gasteiger partial charge < -0.3 is 15.2 Å². The van der Waals surface area contributed by atoms with Gasteiger partial charge in [0.15, 0.2) is 0 Å². The van der Waals surface area contributed by atoms with E-state index in [0.29, 0.717) is 24.2 Å². The minimum Gasteiger partial charge on any atom is -0.497 e. The van der Waals surface area contributed by atoms with Gasteiger partial charge in [-0.25, -0.2) is 0 Å². The second-order valence-corrected chi connectivity index (χ2v) is 4.95. The molecule has 1 atom stereocenters. The highest BCUT2D eigenvalue weighted by Crippen LogP contribution is 2.18.